The molecule has 3 nitrogen and oxygen atoms in total. The molecule has 1 N–H and O–H groups in total. The number of anilines is 2. The van der Waals surface area contributed by atoms with Gasteiger partial charge in [-0.15, -0.1) is 11.3 Å². The predicted octanol–water partition coefficient (Wildman–Crippen LogP) is 5.02. The zero-order valence-corrected chi connectivity index (χ0v) is 14.6. The van der Waals surface area contributed by atoms with Gasteiger partial charge >= 0.3 is 0 Å². The molecule has 0 saturated carbocycles. The second-order valence-corrected chi connectivity index (χ2v) is 6.64. The van der Waals surface area contributed by atoms with Crippen LogP contribution in [0.15, 0.2) is 28.9 Å². The van der Waals surface area contributed by atoms with Crippen molar-refractivity contribution in [3.8, 4) is 0 Å². The third kappa shape index (κ3) is 3.87. The van der Waals surface area contributed by atoms with Crippen molar-refractivity contribution in [2.75, 3.05) is 23.3 Å². The molecule has 0 aliphatic heterocycles. The molecule has 0 saturated heterocycles. The van der Waals surface area contributed by atoms with Gasteiger partial charge in [0.25, 0.3) is 0 Å². The fourth-order valence-corrected chi connectivity index (χ4v) is 3.63. The lowest BCUT2D eigenvalue weighted by molar-refractivity contribution is 0.860. The quantitative estimate of drug-likeness (QED) is 0.769. The summed E-state index contributed by atoms with van der Waals surface area (Å²) in [4.78, 5) is 7.95. The molecule has 108 valence electrons. The first kappa shape index (κ1) is 15.6. The van der Waals surface area contributed by atoms with Gasteiger partial charge in [0.2, 0.25) is 0 Å². The highest BCUT2D eigenvalue weighted by molar-refractivity contribution is 9.10. The second kappa shape index (κ2) is 7.29. The molecule has 0 atom stereocenters. The maximum Gasteiger partial charge on any atom is 0.185 e. The van der Waals surface area contributed by atoms with E-state index in [0.717, 1.165) is 39.9 Å². The van der Waals surface area contributed by atoms with Gasteiger partial charge in [-0.1, -0.05) is 11.6 Å². The Morgan fingerprint density at radius 1 is 1.35 bits per heavy atom. The molecule has 0 radical (unpaired) electrons. The van der Waals surface area contributed by atoms with Gasteiger partial charge in [-0.25, -0.2) is 4.98 Å². The van der Waals surface area contributed by atoms with Crippen molar-refractivity contribution in [3.63, 3.8) is 0 Å². The van der Waals surface area contributed by atoms with E-state index in [0.29, 0.717) is 0 Å². The average molecular weight is 375 g/mol. The molecule has 20 heavy (non-hydrogen) atoms. The van der Waals surface area contributed by atoms with Crippen LogP contribution in [0, 0.1) is 0 Å². The van der Waals surface area contributed by atoms with Crippen molar-refractivity contribution >= 4 is 49.7 Å². The van der Waals surface area contributed by atoms with Crippen LogP contribution in [0.3, 0.4) is 0 Å². The molecule has 1 aromatic carbocycles. The minimum Gasteiger partial charge on any atom is -0.379 e. The van der Waals surface area contributed by atoms with Crippen LogP contribution in [0.5, 0.6) is 0 Å². The highest BCUT2D eigenvalue weighted by atomic mass is 79.9. The monoisotopic (exact) mass is 373 g/mol. The average Bonchev–Trinajstić information content (AvgIpc) is 2.88. The van der Waals surface area contributed by atoms with Crippen molar-refractivity contribution in [3.05, 3.63) is 38.8 Å². The Bertz CT molecular complexity index is 569. The molecule has 0 aliphatic carbocycles. The Kier molecular flexibility index (Phi) is 5.69. The third-order valence-electron chi connectivity index (χ3n) is 2.96. The van der Waals surface area contributed by atoms with Gasteiger partial charge in [0.1, 0.15) is 0 Å². The Balaban J connectivity index is 2.00. The number of hydrogen-bond donors (Lipinski definition) is 1. The molecule has 1 aromatic heterocycles. The maximum atomic E-state index is 5.93. The Hall–Kier alpha value is -0.780. The molecule has 2 aromatic rings. The Labute approximate surface area is 137 Å². The predicted molar refractivity (Wildman–Crippen MR) is 92.2 cm³/mol. The molecule has 0 fully saturated rings. The van der Waals surface area contributed by atoms with Crippen molar-refractivity contribution < 1.29 is 0 Å². The molecule has 0 amide bonds. The van der Waals surface area contributed by atoms with Crippen LogP contribution >= 0.6 is 38.9 Å². The van der Waals surface area contributed by atoms with Gasteiger partial charge < -0.3 is 10.2 Å². The van der Waals surface area contributed by atoms with Gasteiger partial charge in [0, 0.05) is 39.3 Å². The number of aromatic nitrogens is 1. The van der Waals surface area contributed by atoms with Crippen LogP contribution < -0.4 is 10.2 Å². The van der Waals surface area contributed by atoms with Crippen molar-refractivity contribution in [2.45, 2.75) is 20.4 Å². The number of hydrogen-bond acceptors (Lipinski definition) is 4. The highest BCUT2D eigenvalue weighted by Gasteiger charge is 2.08. The van der Waals surface area contributed by atoms with E-state index in [1.165, 1.54) is 4.88 Å². The molecular formula is C14H17BrClN3S. The summed E-state index contributed by atoms with van der Waals surface area (Å²) in [5.74, 6) is 0. The van der Waals surface area contributed by atoms with E-state index >= 15 is 0 Å². The first-order valence-electron chi connectivity index (χ1n) is 6.52. The van der Waals surface area contributed by atoms with E-state index in [1.54, 1.807) is 11.3 Å². The van der Waals surface area contributed by atoms with Crippen LogP contribution in [0.25, 0.3) is 0 Å². The topological polar surface area (TPSA) is 28.2 Å². The Morgan fingerprint density at radius 2 is 2.10 bits per heavy atom. The van der Waals surface area contributed by atoms with Crippen LogP contribution in [-0.4, -0.2) is 18.1 Å². The smallest absolute Gasteiger partial charge is 0.185 e. The lowest BCUT2D eigenvalue weighted by Crippen LogP contribution is -2.21. The standard InChI is InChI=1S/C14H17BrClN3S/c1-3-19(4-2)14-18-9-11(20-14)8-17-13-6-5-10(16)7-12(13)15/h5-7,9,17H,3-4,8H2,1-2H3. The normalized spacial score (nSPS) is 10.6. The number of halogens is 2. The van der Waals surface area contributed by atoms with Gasteiger partial charge in [0.15, 0.2) is 5.13 Å². The van der Waals surface area contributed by atoms with E-state index in [2.05, 4.69) is 45.0 Å². The van der Waals surface area contributed by atoms with E-state index < -0.39 is 0 Å². The summed E-state index contributed by atoms with van der Waals surface area (Å²) >= 11 is 11.2. The summed E-state index contributed by atoms with van der Waals surface area (Å²) in [5.41, 5.74) is 1.03. The van der Waals surface area contributed by atoms with E-state index in [1.807, 2.05) is 24.4 Å². The maximum absolute atomic E-state index is 5.93. The number of thiazole rings is 1. The number of benzene rings is 1. The summed E-state index contributed by atoms with van der Waals surface area (Å²) in [5, 5.41) is 5.20. The summed E-state index contributed by atoms with van der Waals surface area (Å²) in [6, 6.07) is 5.74. The minimum absolute atomic E-state index is 0.726. The lowest BCUT2D eigenvalue weighted by Gasteiger charge is -2.16. The molecule has 1 heterocycles. The minimum atomic E-state index is 0.726. The first-order chi connectivity index (χ1) is 9.63. The zero-order chi connectivity index (χ0) is 14.5. The van der Waals surface area contributed by atoms with Gasteiger partial charge in [-0.2, -0.15) is 0 Å². The van der Waals surface area contributed by atoms with Crippen LogP contribution in [0.1, 0.15) is 18.7 Å². The van der Waals surface area contributed by atoms with Crippen molar-refractivity contribution in [2.24, 2.45) is 0 Å². The molecule has 0 spiro atoms. The molecule has 0 unspecified atom stereocenters. The molecular weight excluding hydrogens is 358 g/mol. The fraction of sp³-hybridized carbons (Fsp3) is 0.357. The van der Waals surface area contributed by atoms with Gasteiger partial charge in [-0.05, 0) is 48.0 Å². The molecule has 0 aliphatic rings. The number of rotatable bonds is 6. The SMILES string of the molecule is CCN(CC)c1ncc(CNc2ccc(Cl)cc2Br)s1. The lowest BCUT2D eigenvalue weighted by atomic mass is 10.3. The van der Waals surface area contributed by atoms with Crippen LogP contribution in [0.4, 0.5) is 10.8 Å². The molecule has 2 rings (SSSR count). The number of nitrogens with one attached hydrogen (secondary N) is 1. The molecule has 6 heteroatoms. The van der Waals surface area contributed by atoms with Crippen LogP contribution in [0.2, 0.25) is 5.02 Å². The highest BCUT2D eigenvalue weighted by Crippen LogP contribution is 2.28. The molecule has 0 bridgehead atoms. The third-order valence-corrected chi connectivity index (χ3v) is 4.91. The van der Waals surface area contributed by atoms with E-state index in [9.17, 15) is 0 Å². The zero-order valence-electron chi connectivity index (χ0n) is 11.5. The van der Waals surface area contributed by atoms with Crippen molar-refractivity contribution in [1.82, 2.24) is 4.98 Å². The fourth-order valence-electron chi connectivity index (χ4n) is 1.83. The summed E-state index contributed by atoms with van der Waals surface area (Å²) < 4.78 is 0.971. The van der Waals surface area contributed by atoms with Gasteiger partial charge in [-0.3, -0.25) is 0 Å². The number of nitrogens with zero attached hydrogens (tertiary/aromatic N) is 2. The van der Waals surface area contributed by atoms with Crippen molar-refractivity contribution in [1.29, 1.82) is 0 Å². The van der Waals surface area contributed by atoms with E-state index in [-0.39, 0.29) is 0 Å². The summed E-state index contributed by atoms with van der Waals surface area (Å²) in [6.07, 6.45) is 1.94. The second-order valence-electron chi connectivity index (χ2n) is 4.26. The van der Waals surface area contributed by atoms with E-state index in [4.69, 9.17) is 11.6 Å². The summed E-state index contributed by atoms with van der Waals surface area (Å²) in [7, 11) is 0. The first-order valence-corrected chi connectivity index (χ1v) is 8.51. The van der Waals surface area contributed by atoms with Crippen LogP contribution in [-0.2, 0) is 6.54 Å². The Morgan fingerprint density at radius 3 is 2.75 bits per heavy atom. The summed E-state index contributed by atoms with van der Waals surface area (Å²) in [6.45, 7) is 7.03. The largest absolute Gasteiger partial charge is 0.379 e. The van der Waals surface area contributed by atoms with Gasteiger partial charge in [0.05, 0.1) is 6.54 Å².